The Morgan fingerprint density at radius 3 is 3.16 bits per heavy atom. The minimum absolute atomic E-state index is 0.418. The summed E-state index contributed by atoms with van der Waals surface area (Å²) >= 11 is 1.78. The van der Waals surface area contributed by atoms with Crippen molar-refractivity contribution in [3.8, 4) is 0 Å². The zero-order chi connectivity index (χ0) is 13.7. The topological polar surface area (TPSA) is 73.9 Å². The van der Waals surface area contributed by atoms with Crippen molar-refractivity contribution in [3.63, 3.8) is 0 Å². The number of hydrogen-bond acceptors (Lipinski definition) is 4. The molecule has 2 saturated heterocycles. The van der Waals surface area contributed by atoms with Crippen LogP contribution in [-0.4, -0.2) is 65.3 Å². The number of likely N-dealkylation sites (N-methyl/N-ethyl adjacent to an activating group) is 1. The largest absolute Gasteiger partial charge is 0.387 e. The van der Waals surface area contributed by atoms with Gasteiger partial charge in [0.1, 0.15) is 0 Å². The van der Waals surface area contributed by atoms with Crippen LogP contribution >= 0.6 is 11.8 Å². The van der Waals surface area contributed by atoms with Crippen LogP contribution in [0.1, 0.15) is 26.2 Å². The van der Waals surface area contributed by atoms with Gasteiger partial charge in [0.05, 0.1) is 12.1 Å². The van der Waals surface area contributed by atoms with Crippen LogP contribution in [0.4, 0.5) is 0 Å². The van der Waals surface area contributed by atoms with Gasteiger partial charge in [-0.1, -0.05) is 6.92 Å². The van der Waals surface area contributed by atoms with Gasteiger partial charge in [-0.15, -0.1) is 0 Å². The lowest BCUT2D eigenvalue weighted by atomic mass is 10.1. The summed E-state index contributed by atoms with van der Waals surface area (Å²) < 4.78 is 0. The van der Waals surface area contributed by atoms with Gasteiger partial charge in [0.15, 0.2) is 5.96 Å². The fourth-order valence-electron chi connectivity index (χ4n) is 2.77. The lowest BCUT2D eigenvalue weighted by Crippen LogP contribution is -2.43. The van der Waals surface area contributed by atoms with E-state index in [1.807, 2.05) is 0 Å². The molecule has 2 fully saturated rings. The van der Waals surface area contributed by atoms with Crippen LogP contribution in [0.25, 0.3) is 0 Å². The van der Waals surface area contributed by atoms with Gasteiger partial charge in [-0.3, -0.25) is 9.89 Å². The van der Waals surface area contributed by atoms with E-state index < -0.39 is 5.60 Å². The van der Waals surface area contributed by atoms with Crippen LogP contribution in [-0.2, 0) is 0 Å². The summed E-state index contributed by atoms with van der Waals surface area (Å²) in [6, 6.07) is 0.573. The SMILES string of the molecule is CCN1CCCC1CNC(N)=NCC1(O)CCSC1. The average Bonchev–Trinajstić information content (AvgIpc) is 3.03. The number of nitrogens with zero attached hydrogens (tertiary/aromatic N) is 2. The highest BCUT2D eigenvalue weighted by atomic mass is 32.2. The summed E-state index contributed by atoms with van der Waals surface area (Å²) in [6.07, 6.45) is 3.32. The first-order valence-electron chi connectivity index (χ1n) is 7.21. The number of aliphatic hydroxyl groups is 1. The fourth-order valence-corrected chi connectivity index (χ4v) is 4.06. The van der Waals surface area contributed by atoms with Gasteiger partial charge in [0.2, 0.25) is 0 Å². The molecular weight excluding hydrogens is 260 g/mol. The first-order valence-corrected chi connectivity index (χ1v) is 8.36. The Bertz CT molecular complexity index is 318. The number of aliphatic imine (C=N–C) groups is 1. The quantitative estimate of drug-likeness (QED) is 0.499. The molecule has 0 radical (unpaired) electrons. The van der Waals surface area contributed by atoms with Crippen LogP contribution in [0.5, 0.6) is 0 Å². The molecule has 0 aliphatic carbocycles. The molecule has 2 aliphatic heterocycles. The van der Waals surface area contributed by atoms with E-state index in [0.717, 1.165) is 31.0 Å². The van der Waals surface area contributed by atoms with Gasteiger partial charge >= 0.3 is 0 Å². The Hall–Kier alpha value is -0.460. The second-order valence-electron chi connectivity index (χ2n) is 5.53. The van der Waals surface area contributed by atoms with Gasteiger partial charge in [0.25, 0.3) is 0 Å². The highest BCUT2D eigenvalue weighted by molar-refractivity contribution is 7.99. The van der Waals surface area contributed by atoms with Crippen LogP contribution in [0, 0.1) is 0 Å². The molecule has 0 aromatic carbocycles. The monoisotopic (exact) mass is 286 g/mol. The van der Waals surface area contributed by atoms with Crippen molar-refractivity contribution in [1.29, 1.82) is 0 Å². The second kappa shape index (κ2) is 6.81. The van der Waals surface area contributed by atoms with E-state index in [4.69, 9.17) is 5.73 Å². The Labute approximate surface area is 120 Å². The molecule has 0 bridgehead atoms. The molecule has 6 heteroatoms. The number of nitrogens with two attached hydrogens (primary N) is 1. The number of likely N-dealkylation sites (tertiary alicyclic amines) is 1. The molecule has 19 heavy (non-hydrogen) atoms. The molecule has 0 spiro atoms. The lowest BCUT2D eigenvalue weighted by Gasteiger charge is -2.23. The van der Waals surface area contributed by atoms with Gasteiger partial charge in [-0.2, -0.15) is 11.8 Å². The molecule has 2 atom stereocenters. The number of nitrogens with one attached hydrogen (secondary N) is 1. The maximum Gasteiger partial charge on any atom is 0.188 e. The highest BCUT2D eigenvalue weighted by Crippen LogP contribution is 2.27. The van der Waals surface area contributed by atoms with Crippen molar-refractivity contribution in [1.82, 2.24) is 10.2 Å². The maximum atomic E-state index is 10.2. The van der Waals surface area contributed by atoms with E-state index in [-0.39, 0.29) is 0 Å². The van der Waals surface area contributed by atoms with E-state index in [2.05, 4.69) is 22.1 Å². The zero-order valence-corrected chi connectivity index (χ0v) is 12.6. The summed E-state index contributed by atoms with van der Waals surface area (Å²) in [4.78, 5) is 6.76. The molecule has 0 aromatic heterocycles. The highest BCUT2D eigenvalue weighted by Gasteiger charge is 2.31. The minimum atomic E-state index is -0.639. The standard InChI is InChI=1S/C13H26N4OS/c1-2-17-6-3-4-11(17)8-15-12(14)16-9-13(18)5-7-19-10-13/h11,18H,2-10H2,1H3,(H3,14,15,16). The van der Waals surface area contributed by atoms with E-state index in [0.29, 0.717) is 18.5 Å². The third kappa shape index (κ3) is 4.26. The van der Waals surface area contributed by atoms with Crippen LogP contribution in [0.2, 0.25) is 0 Å². The first kappa shape index (κ1) is 14.9. The molecule has 5 nitrogen and oxygen atoms in total. The van der Waals surface area contributed by atoms with Crippen molar-refractivity contribution >= 4 is 17.7 Å². The van der Waals surface area contributed by atoms with E-state index in [1.54, 1.807) is 11.8 Å². The molecule has 0 amide bonds. The van der Waals surface area contributed by atoms with Crippen molar-refractivity contribution in [3.05, 3.63) is 0 Å². The smallest absolute Gasteiger partial charge is 0.188 e. The molecule has 110 valence electrons. The van der Waals surface area contributed by atoms with Crippen LogP contribution in [0.15, 0.2) is 4.99 Å². The lowest BCUT2D eigenvalue weighted by molar-refractivity contribution is 0.0779. The third-order valence-electron chi connectivity index (χ3n) is 4.05. The van der Waals surface area contributed by atoms with Crippen molar-refractivity contribution < 1.29 is 5.11 Å². The summed E-state index contributed by atoms with van der Waals surface area (Å²) in [5.74, 6) is 2.26. The normalized spacial score (nSPS) is 32.9. The van der Waals surface area contributed by atoms with Gasteiger partial charge in [-0.05, 0) is 38.1 Å². The minimum Gasteiger partial charge on any atom is -0.387 e. The molecule has 2 unspecified atom stereocenters. The zero-order valence-electron chi connectivity index (χ0n) is 11.8. The van der Waals surface area contributed by atoms with Crippen molar-refractivity contribution in [2.75, 3.05) is 37.7 Å². The van der Waals surface area contributed by atoms with E-state index in [9.17, 15) is 5.11 Å². The number of rotatable bonds is 5. The Kier molecular flexibility index (Phi) is 5.36. The van der Waals surface area contributed by atoms with E-state index >= 15 is 0 Å². The summed E-state index contributed by atoms with van der Waals surface area (Å²) in [6.45, 7) is 5.76. The number of hydrogen-bond donors (Lipinski definition) is 3. The number of guanidine groups is 1. The number of thioether (sulfide) groups is 1. The molecular formula is C13H26N4OS. The van der Waals surface area contributed by atoms with Crippen LogP contribution < -0.4 is 11.1 Å². The summed E-state index contributed by atoms with van der Waals surface area (Å²) in [7, 11) is 0. The Balaban J connectivity index is 1.72. The van der Waals surface area contributed by atoms with Gasteiger partial charge < -0.3 is 16.2 Å². The van der Waals surface area contributed by atoms with E-state index in [1.165, 1.54) is 19.4 Å². The predicted molar refractivity (Wildman–Crippen MR) is 81.7 cm³/mol. The third-order valence-corrected chi connectivity index (χ3v) is 5.28. The van der Waals surface area contributed by atoms with Crippen LogP contribution in [0.3, 0.4) is 0 Å². The molecule has 4 N–H and O–H groups in total. The van der Waals surface area contributed by atoms with Crippen molar-refractivity contribution in [2.24, 2.45) is 10.7 Å². The summed E-state index contributed by atoms with van der Waals surface area (Å²) in [5.41, 5.74) is 5.24. The Morgan fingerprint density at radius 1 is 1.63 bits per heavy atom. The van der Waals surface area contributed by atoms with Gasteiger partial charge in [0, 0.05) is 18.3 Å². The molecule has 2 aliphatic rings. The summed E-state index contributed by atoms with van der Waals surface area (Å²) in [5, 5.41) is 13.4. The average molecular weight is 286 g/mol. The molecule has 0 saturated carbocycles. The fraction of sp³-hybridized carbons (Fsp3) is 0.923. The first-order chi connectivity index (χ1) is 9.13. The molecule has 2 rings (SSSR count). The van der Waals surface area contributed by atoms with Gasteiger partial charge in [-0.25, -0.2) is 0 Å². The Morgan fingerprint density at radius 2 is 2.47 bits per heavy atom. The van der Waals surface area contributed by atoms with Crippen molar-refractivity contribution in [2.45, 2.75) is 37.8 Å². The molecule has 2 heterocycles. The maximum absolute atomic E-state index is 10.2. The second-order valence-corrected chi connectivity index (χ2v) is 6.64. The predicted octanol–water partition coefficient (Wildman–Crippen LogP) is 0.243. The molecule has 0 aromatic rings.